The van der Waals surface area contributed by atoms with Crippen molar-refractivity contribution in [1.82, 2.24) is 15.0 Å². The molecule has 4 nitrogen and oxygen atoms in total. The summed E-state index contributed by atoms with van der Waals surface area (Å²) in [6.07, 6.45) is 3.77. The van der Waals surface area contributed by atoms with Gasteiger partial charge in [0, 0.05) is 0 Å². The smallest absolute Gasteiger partial charge is 0.165 e. The maximum absolute atomic E-state index is 5.37. The molecule has 0 bridgehead atoms. The van der Waals surface area contributed by atoms with Crippen LogP contribution in [0.15, 0.2) is 17.8 Å². The summed E-state index contributed by atoms with van der Waals surface area (Å²) in [5, 5.41) is 7.44. The number of aromatic nitrogens is 3. The van der Waals surface area contributed by atoms with Crippen molar-refractivity contribution in [2.75, 3.05) is 5.73 Å². The minimum atomic E-state index is 0.465. The van der Waals surface area contributed by atoms with Crippen LogP contribution >= 0.6 is 0 Å². The first kappa shape index (κ1) is 7.78. The summed E-state index contributed by atoms with van der Waals surface area (Å²) in [7, 11) is 0. The quantitative estimate of drug-likeness (QED) is 0.638. The van der Waals surface area contributed by atoms with E-state index in [1.807, 2.05) is 13.8 Å². The number of nitrogen functional groups attached to an aromatic ring is 1. The fraction of sp³-hybridized carbons (Fsp3) is 0.429. The molecule has 0 fully saturated rings. The van der Waals surface area contributed by atoms with Crippen LogP contribution in [0.5, 0.6) is 0 Å². The predicted molar refractivity (Wildman–Crippen MR) is 43.9 cm³/mol. The number of hydrogen-bond acceptors (Lipinski definition) is 3. The minimum absolute atomic E-state index is 0.465. The Morgan fingerprint density at radius 2 is 2.45 bits per heavy atom. The largest absolute Gasteiger partial charge is 0.381 e. The van der Waals surface area contributed by atoms with E-state index in [0.717, 1.165) is 6.54 Å². The summed E-state index contributed by atoms with van der Waals surface area (Å²) in [4.78, 5) is 0. The number of nitrogens with two attached hydrogens (primary N) is 1. The van der Waals surface area contributed by atoms with Crippen LogP contribution in [0, 0.1) is 0 Å². The van der Waals surface area contributed by atoms with Crippen molar-refractivity contribution in [3.8, 4) is 0 Å². The standard InChI is InChI=1S/C7H12N4/c1-6(2)3-4-11-5-7(8)9-10-11/h3,5H,4,8H2,1-2H3. The Kier molecular flexibility index (Phi) is 2.25. The van der Waals surface area contributed by atoms with Gasteiger partial charge in [-0.1, -0.05) is 16.9 Å². The summed E-state index contributed by atoms with van der Waals surface area (Å²) in [5.74, 6) is 0.465. The van der Waals surface area contributed by atoms with Crippen molar-refractivity contribution in [2.24, 2.45) is 0 Å². The first-order valence-corrected chi connectivity index (χ1v) is 3.47. The Morgan fingerprint density at radius 1 is 1.73 bits per heavy atom. The monoisotopic (exact) mass is 152 g/mol. The average Bonchev–Trinajstić information content (AvgIpc) is 2.31. The van der Waals surface area contributed by atoms with E-state index in [0.29, 0.717) is 5.82 Å². The Labute approximate surface area is 65.7 Å². The summed E-state index contributed by atoms with van der Waals surface area (Å²) >= 11 is 0. The molecular formula is C7H12N4. The molecule has 2 N–H and O–H groups in total. The van der Waals surface area contributed by atoms with Gasteiger partial charge in [0.25, 0.3) is 0 Å². The molecule has 0 spiro atoms. The number of rotatable bonds is 2. The van der Waals surface area contributed by atoms with Gasteiger partial charge in [-0.15, -0.1) is 5.10 Å². The molecule has 0 aliphatic carbocycles. The first-order chi connectivity index (χ1) is 5.18. The molecular weight excluding hydrogens is 140 g/mol. The van der Waals surface area contributed by atoms with Gasteiger partial charge in [-0.25, -0.2) is 4.68 Å². The molecule has 0 amide bonds. The average molecular weight is 152 g/mol. The zero-order valence-corrected chi connectivity index (χ0v) is 6.78. The van der Waals surface area contributed by atoms with Gasteiger partial charge in [-0.2, -0.15) is 0 Å². The molecule has 0 aromatic carbocycles. The molecule has 1 rings (SSSR count). The third-order valence-corrected chi connectivity index (χ3v) is 1.24. The molecule has 0 aliphatic rings. The van der Waals surface area contributed by atoms with Crippen LogP contribution in [0.4, 0.5) is 5.82 Å². The minimum Gasteiger partial charge on any atom is -0.381 e. The topological polar surface area (TPSA) is 56.7 Å². The molecule has 0 atom stereocenters. The van der Waals surface area contributed by atoms with Gasteiger partial charge in [-0.3, -0.25) is 0 Å². The van der Waals surface area contributed by atoms with Crippen molar-refractivity contribution >= 4 is 5.82 Å². The molecule has 60 valence electrons. The third kappa shape index (κ3) is 2.41. The normalized spacial score (nSPS) is 9.64. The molecule has 1 heterocycles. The second-order valence-corrected chi connectivity index (χ2v) is 2.65. The summed E-state index contributed by atoms with van der Waals surface area (Å²) in [6, 6.07) is 0. The van der Waals surface area contributed by atoms with E-state index in [9.17, 15) is 0 Å². The van der Waals surface area contributed by atoms with Crippen molar-refractivity contribution < 1.29 is 0 Å². The molecule has 0 unspecified atom stereocenters. The van der Waals surface area contributed by atoms with Crippen LogP contribution in [0.2, 0.25) is 0 Å². The second-order valence-electron chi connectivity index (χ2n) is 2.65. The van der Waals surface area contributed by atoms with Crippen LogP contribution in [0.1, 0.15) is 13.8 Å². The SMILES string of the molecule is CC(C)=CCn1cc(N)nn1. The van der Waals surface area contributed by atoms with E-state index in [4.69, 9.17) is 5.73 Å². The van der Waals surface area contributed by atoms with E-state index in [2.05, 4.69) is 16.4 Å². The number of hydrogen-bond donors (Lipinski definition) is 1. The fourth-order valence-corrected chi connectivity index (χ4v) is 0.679. The number of nitrogens with zero attached hydrogens (tertiary/aromatic N) is 3. The maximum atomic E-state index is 5.37. The highest BCUT2D eigenvalue weighted by Gasteiger charge is 1.91. The van der Waals surface area contributed by atoms with Gasteiger partial charge < -0.3 is 5.73 Å². The van der Waals surface area contributed by atoms with Crippen LogP contribution in [0.3, 0.4) is 0 Å². The second kappa shape index (κ2) is 3.18. The van der Waals surface area contributed by atoms with Crippen molar-refractivity contribution in [1.29, 1.82) is 0 Å². The lowest BCUT2D eigenvalue weighted by Gasteiger charge is -1.92. The highest BCUT2D eigenvalue weighted by atomic mass is 15.4. The lowest BCUT2D eigenvalue weighted by molar-refractivity contribution is 0.659. The maximum Gasteiger partial charge on any atom is 0.165 e. The Hall–Kier alpha value is -1.32. The third-order valence-electron chi connectivity index (χ3n) is 1.24. The molecule has 1 aromatic heterocycles. The van der Waals surface area contributed by atoms with Gasteiger partial charge in [0.15, 0.2) is 5.82 Å². The van der Waals surface area contributed by atoms with Crippen LogP contribution < -0.4 is 5.73 Å². The molecule has 0 saturated carbocycles. The van der Waals surface area contributed by atoms with E-state index in [-0.39, 0.29) is 0 Å². The molecule has 4 heteroatoms. The van der Waals surface area contributed by atoms with Crippen LogP contribution in [-0.4, -0.2) is 15.0 Å². The summed E-state index contributed by atoms with van der Waals surface area (Å²) in [5.41, 5.74) is 6.63. The Bertz CT molecular complexity index is 257. The van der Waals surface area contributed by atoms with Crippen molar-refractivity contribution in [3.05, 3.63) is 17.8 Å². The number of anilines is 1. The Balaban J connectivity index is 2.58. The van der Waals surface area contributed by atoms with Crippen molar-refractivity contribution in [3.63, 3.8) is 0 Å². The van der Waals surface area contributed by atoms with Crippen LogP contribution in [-0.2, 0) is 6.54 Å². The van der Waals surface area contributed by atoms with E-state index in [1.165, 1.54) is 5.57 Å². The lowest BCUT2D eigenvalue weighted by Crippen LogP contribution is -1.95. The molecule has 0 radical (unpaired) electrons. The Morgan fingerprint density at radius 3 is 2.91 bits per heavy atom. The van der Waals surface area contributed by atoms with Gasteiger partial charge in [-0.05, 0) is 13.8 Å². The van der Waals surface area contributed by atoms with Crippen molar-refractivity contribution in [2.45, 2.75) is 20.4 Å². The van der Waals surface area contributed by atoms with E-state index in [1.54, 1.807) is 10.9 Å². The van der Waals surface area contributed by atoms with E-state index >= 15 is 0 Å². The van der Waals surface area contributed by atoms with Gasteiger partial charge >= 0.3 is 0 Å². The van der Waals surface area contributed by atoms with Gasteiger partial charge in [0.2, 0.25) is 0 Å². The molecule has 0 saturated heterocycles. The lowest BCUT2D eigenvalue weighted by atomic mass is 10.3. The zero-order valence-electron chi connectivity index (χ0n) is 6.78. The van der Waals surface area contributed by atoms with Gasteiger partial charge in [0.1, 0.15) is 0 Å². The number of allylic oxidation sites excluding steroid dienone is 2. The van der Waals surface area contributed by atoms with Crippen LogP contribution in [0.25, 0.3) is 0 Å². The molecule has 11 heavy (non-hydrogen) atoms. The predicted octanol–water partition coefficient (Wildman–Crippen LogP) is 0.826. The fourth-order valence-electron chi connectivity index (χ4n) is 0.679. The first-order valence-electron chi connectivity index (χ1n) is 3.47. The highest BCUT2D eigenvalue weighted by Crippen LogP contribution is 1.95. The zero-order chi connectivity index (χ0) is 8.27. The van der Waals surface area contributed by atoms with E-state index < -0.39 is 0 Å². The summed E-state index contributed by atoms with van der Waals surface area (Å²) < 4.78 is 1.70. The highest BCUT2D eigenvalue weighted by molar-refractivity contribution is 5.19. The molecule has 1 aromatic rings. The summed E-state index contributed by atoms with van der Waals surface area (Å²) in [6.45, 7) is 4.83. The molecule has 0 aliphatic heterocycles. The van der Waals surface area contributed by atoms with Gasteiger partial charge in [0.05, 0.1) is 12.7 Å².